The van der Waals surface area contributed by atoms with Gasteiger partial charge in [-0.15, -0.1) is 0 Å². The monoisotopic (exact) mass is 361 g/mol. The van der Waals surface area contributed by atoms with Crippen LogP contribution in [0, 0.1) is 19.8 Å². The van der Waals surface area contributed by atoms with Gasteiger partial charge in [-0.1, -0.05) is 44.2 Å². The van der Waals surface area contributed by atoms with Crippen molar-refractivity contribution in [2.45, 2.75) is 45.1 Å². The molecule has 0 amide bonds. The Hall–Kier alpha value is -1.85. The lowest BCUT2D eigenvalue weighted by atomic mass is 9.98. The largest absolute Gasteiger partial charge is 0.496 e. The molecule has 0 unspecified atom stereocenters. The van der Waals surface area contributed by atoms with Crippen LogP contribution in [0.15, 0.2) is 47.4 Å². The molecule has 0 bridgehead atoms. The molecule has 0 saturated heterocycles. The van der Waals surface area contributed by atoms with Crippen LogP contribution in [0.2, 0.25) is 0 Å². The molecule has 0 aliphatic heterocycles. The standard InChI is InChI=1S/C20H27NO3S/c1-14(2)11-18(17-9-7-6-8-10-17)21-25(22,23)20-13-15(3)19(24-5)12-16(20)4/h6-10,12-14,18,21H,11H2,1-5H3/t18-/m1/s1. The van der Waals surface area contributed by atoms with Gasteiger partial charge in [0.25, 0.3) is 0 Å². The summed E-state index contributed by atoms with van der Waals surface area (Å²) in [7, 11) is -2.05. The van der Waals surface area contributed by atoms with Crippen molar-refractivity contribution in [1.82, 2.24) is 4.72 Å². The van der Waals surface area contributed by atoms with E-state index in [1.54, 1.807) is 26.2 Å². The van der Waals surface area contributed by atoms with Gasteiger partial charge in [-0.05, 0) is 55.0 Å². The van der Waals surface area contributed by atoms with E-state index in [4.69, 9.17) is 4.74 Å². The predicted molar refractivity (Wildman–Crippen MR) is 101 cm³/mol. The van der Waals surface area contributed by atoms with E-state index in [1.807, 2.05) is 37.3 Å². The zero-order valence-corrected chi connectivity index (χ0v) is 16.4. The first kappa shape index (κ1) is 19.5. The molecule has 0 radical (unpaired) electrons. The lowest BCUT2D eigenvalue weighted by molar-refractivity contribution is 0.411. The van der Waals surface area contributed by atoms with E-state index in [-0.39, 0.29) is 6.04 Å². The number of benzene rings is 2. The van der Waals surface area contributed by atoms with E-state index in [0.29, 0.717) is 22.1 Å². The van der Waals surface area contributed by atoms with Crippen molar-refractivity contribution in [1.29, 1.82) is 0 Å². The molecular formula is C20H27NO3S. The van der Waals surface area contributed by atoms with Crippen molar-refractivity contribution in [3.05, 3.63) is 59.2 Å². The average molecular weight is 362 g/mol. The molecule has 2 aromatic carbocycles. The average Bonchev–Trinajstić information content (AvgIpc) is 2.56. The molecule has 0 fully saturated rings. The van der Waals surface area contributed by atoms with Crippen LogP contribution in [0.25, 0.3) is 0 Å². The molecule has 0 aliphatic carbocycles. The summed E-state index contributed by atoms with van der Waals surface area (Å²) in [5, 5.41) is 0. The molecule has 2 rings (SSSR count). The second-order valence-electron chi connectivity index (χ2n) is 6.80. The van der Waals surface area contributed by atoms with Crippen LogP contribution in [0.3, 0.4) is 0 Å². The van der Waals surface area contributed by atoms with E-state index in [0.717, 1.165) is 17.5 Å². The summed E-state index contributed by atoms with van der Waals surface area (Å²) in [5.41, 5.74) is 2.45. The van der Waals surface area contributed by atoms with Crippen molar-refractivity contribution in [3.63, 3.8) is 0 Å². The molecular weight excluding hydrogens is 334 g/mol. The van der Waals surface area contributed by atoms with Crippen LogP contribution in [0.1, 0.15) is 43.0 Å². The fourth-order valence-electron chi connectivity index (χ4n) is 2.93. The molecule has 5 heteroatoms. The highest BCUT2D eigenvalue weighted by Gasteiger charge is 2.24. The summed E-state index contributed by atoms with van der Waals surface area (Å²) >= 11 is 0. The zero-order valence-electron chi connectivity index (χ0n) is 15.5. The zero-order chi connectivity index (χ0) is 18.6. The highest BCUT2D eigenvalue weighted by Crippen LogP contribution is 2.28. The topological polar surface area (TPSA) is 55.4 Å². The maximum atomic E-state index is 13.0. The minimum Gasteiger partial charge on any atom is -0.496 e. The number of nitrogens with one attached hydrogen (secondary N) is 1. The maximum Gasteiger partial charge on any atom is 0.241 e. The van der Waals surface area contributed by atoms with Gasteiger partial charge in [0.1, 0.15) is 5.75 Å². The van der Waals surface area contributed by atoms with Gasteiger partial charge in [-0.2, -0.15) is 0 Å². The Kier molecular flexibility index (Phi) is 6.25. The van der Waals surface area contributed by atoms with Crippen LogP contribution >= 0.6 is 0 Å². The maximum absolute atomic E-state index is 13.0. The Morgan fingerprint density at radius 2 is 1.68 bits per heavy atom. The first-order valence-corrected chi connectivity index (χ1v) is 9.95. The lowest BCUT2D eigenvalue weighted by Gasteiger charge is -2.22. The van der Waals surface area contributed by atoms with Crippen LogP contribution in [0.5, 0.6) is 5.75 Å². The van der Waals surface area contributed by atoms with Crippen LogP contribution in [0.4, 0.5) is 0 Å². The number of hydrogen-bond donors (Lipinski definition) is 1. The Labute approximate surface area is 151 Å². The number of sulfonamides is 1. The summed E-state index contributed by atoms with van der Waals surface area (Å²) in [6.07, 6.45) is 0.734. The molecule has 2 aromatic rings. The van der Waals surface area contributed by atoms with Gasteiger partial charge in [0.15, 0.2) is 0 Å². The number of hydrogen-bond acceptors (Lipinski definition) is 3. The van der Waals surface area contributed by atoms with Gasteiger partial charge >= 0.3 is 0 Å². The summed E-state index contributed by atoms with van der Waals surface area (Å²) < 4.78 is 34.2. The molecule has 1 N–H and O–H groups in total. The molecule has 25 heavy (non-hydrogen) atoms. The molecule has 0 saturated carbocycles. The molecule has 4 nitrogen and oxygen atoms in total. The normalized spacial score (nSPS) is 13.0. The minimum absolute atomic E-state index is 0.256. The minimum atomic E-state index is -3.64. The third-order valence-electron chi connectivity index (χ3n) is 4.19. The first-order valence-electron chi connectivity index (χ1n) is 8.47. The third kappa shape index (κ3) is 4.83. The number of methoxy groups -OCH3 is 1. The Bertz CT molecular complexity index is 814. The van der Waals surface area contributed by atoms with E-state index < -0.39 is 10.0 Å². The van der Waals surface area contributed by atoms with Gasteiger partial charge in [0, 0.05) is 6.04 Å². The molecule has 0 aromatic heterocycles. The summed E-state index contributed by atoms with van der Waals surface area (Å²) in [4.78, 5) is 0.301. The Balaban J connectivity index is 2.39. The van der Waals surface area contributed by atoms with Crippen molar-refractivity contribution >= 4 is 10.0 Å². The van der Waals surface area contributed by atoms with Gasteiger partial charge in [-0.25, -0.2) is 13.1 Å². The Morgan fingerprint density at radius 1 is 1.04 bits per heavy atom. The van der Waals surface area contributed by atoms with Gasteiger partial charge in [0.2, 0.25) is 10.0 Å². The third-order valence-corrected chi connectivity index (χ3v) is 5.80. The lowest BCUT2D eigenvalue weighted by Crippen LogP contribution is -2.30. The van der Waals surface area contributed by atoms with Gasteiger partial charge in [-0.3, -0.25) is 0 Å². The number of ether oxygens (including phenoxy) is 1. The number of rotatable bonds is 7. The van der Waals surface area contributed by atoms with E-state index in [2.05, 4.69) is 18.6 Å². The summed E-state index contributed by atoms with van der Waals surface area (Å²) in [6, 6.07) is 12.9. The Morgan fingerprint density at radius 3 is 2.24 bits per heavy atom. The van der Waals surface area contributed by atoms with E-state index >= 15 is 0 Å². The smallest absolute Gasteiger partial charge is 0.241 e. The fraction of sp³-hybridized carbons (Fsp3) is 0.400. The van der Waals surface area contributed by atoms with Crippen LogP contribution in [-0.2, 0) is 10.0 Å². The summed E-state index contributed by atoms with van der Waals surface area (Å²) in [5.74, 6) is 1.06. The van der Waals surface area contributed by atoms with E-state index in [9.17, 15) is 8.42 Å². The van der Waals surface area contributed by atoms with Crippen molar-refractivity contribution in [2.75, 3.05) is 7.11 Å². The van der Waals surface area contributed by atoms with Crippen LogP contribution in [-0.4, -0.2) is 15.5 Å². The second-order valence-corrected chi connectivity index (χ2v) is 8.48. The second kappa shape index (κ2) is 8.02. The van der Waals surface area contributed by atoms with E-state index in [1.165, 1.54) is 0 Å². The fourth-order valence-corrected chi connectivity index (χ4v) is 4.48. The molecule has 0 aliphatic rings. The predicted octanol–water partition coefficient (Wildman–Crippen LogP) is 4.38. The summed E-state index contributed by atoms with van der Waals surface area (Å²) in [6.45, 7) is 7.82. The molecule has 0 spiro atoms. The SMILES string of the molecule is COc1cc(C)c(S(=O)(=O)N[C@H](CC(C)C)c2ccccc2)cc1C. The van der Waals surface area contributed by atoms with Crippen molar-refractivity contribution in [2.24, 2.45) is 5.92 Å². The number of aryl methyl sites for hydroxylation is 2. The molecule has 136 valence electrons. The highest BCUT2D eigenvalue weighted by molar-refractivity contribution is 7.89. The molecule has 1 atom stereocenters. The first-order chi connectivity index (χ1) is 11.7. The van der Waals surface area contributed by atoms with Crippen molar-refractivity contribution < 1.29 is 13.2 Å². The van der Waals surface area contributed by atoms with Gasteiger partial charge in [0.05, 0.1) is 12.0 Å². The quantitative estimate of drug-likeness (QED) is 0.796. The highest BCUT2D eigenvalue weighted by atomic mass is 32.2. The van der Waals surface area contributed by atoms with Crippen LogP contribution < -0.4 is 9.46 Å². The van der Waals surface area contributed by atoms with Gasteiger partial charge < -0.3 is 4.74 Å². The van der Waals surface area contributed by atoms with Crippen molar-refractivity contribution in [3.8, 4) is 5.75 Å². The molecule has 0 heterocycles.